The minimum Gasteiger partial charge on any atom is -0.494 e. The van der Waals surface area contributed by atoms with Crippen LogP contribution in [-0.2, 0) is 4.79 Å². The van der Waals surface area contributed by atoms with Gasteiger partial charge in [-0.2, -0.15) is 0 Å². The Morgan fingerprint density at radius 1 is 1.30 bits per heavy atom. The molecule has 2 N–H and O–H groups in total. The molecule has 23 heavy (non-hydrogen) atoms. The molecule has 1 aromatic rings. The summed E-state index contributed by atoms with van der Waals surface area (Å²) in [4.78, 5) is 13.9. The van der Waals surface area contributed by atoms with E-state index < -0.39 is 0 Å². The number of hydrogen-bond acceptors (Lipinski definition) is 4. The molecule has 0 aliphatic carbocycles. The molecular formula is C18H27ClN2O2. The molecule has 0 radical (unpaired) electrons. The van der Waals surface area contributed by atoms with E-state index in [1.54, 1.807) is 0 Å². The number of carbonyl (C=O) groups excluding carboxylic acids is 1. The fraction of sp³-hybridized carbons (Fsp3) is 0.611. The van der Waals surface area contributed by atoms with Crippen molar-refractivity contribution in [3.63, 3.8) is 0 Å². The van der Waals surface area contributed by atoms with Crippen LogP contribution in [0.15, 0.2) is 24.3 Å². The second-order valence-electron chi connectivity index (χ2n) is 6.08. The maximum Gasteiger partial charge on any atom is 0.127 e. The number of halogens is 1. The second-order valence-corrected chi connectivity index (χ2v) is 6.53. The molecule has 3 unspecified atom stereocenters. The number of rotatable bonds is 8. The van der Waals surface area contributed by atoms with E-state index in [2.05, 4.69) is 4.90 Å². The van der Waals surface area contributed by atoms with Gasteiger partial charge in [0.2, 0.25) is 0 Å². The number of benzene rings is 1. The predicted molar refractivity (Wildman–Crippen MR) is 94.1 cm³/mol. The SMILES string of the molecule is CCOc1ccccc1C(C=O)CC(N)C(Cl)N1CCCCC1. The summed E-state index contributed by atoms with van der Waals surface area (Å²) >= 11 is 6.55. The maximum atomic E-state index is 11.6. The molecule has 0 bridgehead atoms. The first-order valence-corrected chi connectivity index (χ1v) is 8.91. The third kappa shape index (κ3) is 4.93. The highest BCUT2D eigenvalue weighted by Crippen LogP contribution is 2.30. The summed E-state index contributed by atoms with van der Waals surface area (Å²) in [6.07, 6.45) is 5.07. The van der Waals surface area contributed by atoms with E-state index in [0.29, 0.717) is 13.0 Å². The molecule has 0 amide bonds. The van der Waals surface area contributed by atoms with E-state index in [0.717, 1.165) is 30.7 Å². The van der Waals surface area contributed by atoms with Crippen molar-refractivity contribution >= 4 is 17.9 Å². The van der Waals surface area contributed by atoms with E-state index in [1.165, 1.54) is 19.3 Å². The zero-order chi connectivity index (χ0) is 16.7. The summed E-state index contributed by atoms with van der Waals surface area (Å²) in [7, 11) is 0. The first kappa shape index (κ1) is 18.2. The van der Waals surface area contributed by atoms with Gasteiger partial charge in [-0.05, 0) is 45.3 Å². The molecule has 1 aromatic carbocycles. The van der Waals surface area contributed by atoms with Crippen LogP contribution in [0.2, 0.25) is 0 Å². The molecule has 1 aliphatic rings. The third-order valence-corrected chi connectivity index (χ3v) is 5.00. The molecule has 0 aromatic heterocycles. The van der Waals surface area contributed by atoms with Gasteiger partial charge in [-0.15, -0.1) is 11.6 Å². The van der Waals surface area contributed by atoms with Crippen molar-refractivity contribution in [2.75, 3.05) is 19.7 Å². The molecule has 0 saturated carbocycles. The Kier molecular flexibility index (Phi) is 7.34. The molecule has 128 valence electrons. The summed E-state index contributed by atoms with van der Waals surface area (Å²) in [5.74, 6) is 0.460. The number of hydrogen-bond donors (Lipinski definition) is 1. The van der Waals surface area contributed by atoms with Gasteiger partial charge in [-0.1, -0.05) is 24.6 Å². The van der Waals surface area contributed by atoms with Crippen LogP contribution < -0.4 is 10.5 Å². The zero-order valence-electron chi connectivity index (χ0n) is 13.8. The lowest BCUT2D eigenvalue weighted by Crippen LogP contribution is -2.47. The average molecular weight is 339 g/mol. The zero-order valence-corrected chi connectivity index (χ0v) is 14.5. The van der Waals surface area contributed by atoms with Crippen molar-refractivity contribution in [2.45, 2.75) is 50.1 Å². The monoisotopic (exact) mass is 338 g/mol. The first-order valence-electron chi connectivity index (χ1n) is 8.48. The molecular weight excluding hydrogens is 312 g/mol. The number of nitrogens with zero attached hydrogens (tertiary/aromatic N) is 1. The van der Waals surface area contributed by atoms with Gasteiger partial charge in [0.25, 0.3) is 0 Å². The van der Waals surface area contributed by atoms with E-state index >= 15 is 0 Å². The topological polar surface area (TPSA) is 55.6 Å². The number of aldehydes is 1. The minimum absolute atomic E-state index is 0.225. The molecule has 1 heterocycles. The standard InChI is InChI=1S/C18H27ClN2O2/c1-2-23-17-9-5-4-8-15(17)14(13-22)12-16(20)18(19)21-10-6-3-7-11-21/h4-5,8-9,13-14,16,18H,2-3,6-7,10-12,20H2,1H3. The van der Waals surface area contributed by atoms with Crippen molar-refractivity contribution < 1.29 is 9.53 Å². The quantitative estimate of drug-likeness (QED) is 0.449. The van der Waals surface area contributed by atoms with Crippen LogP contribution in [0.1, 0.15) is 44.1 Å². The Hall–Kier alpha value is -1.10. The van der Waals surface area contributed by atoms with Crippen molar-refractivity contribution in [3.05, 3.63) is 29.8 Å². The molecule has 1 aliphatic heterocycles. The summed E-state index contributed by atoms with van der Waals surface area (Å²) in [5, 5.41) is 0. The predicted octanol–water partition coefficient (Wildman–Crippen LogP) is 3.14. The number of likely N-dealkylation sites (tertiary alicyclic amines) is 1. The van der Waals surface area contributed by atoms with Gasteiger partial charge in [0.1, 0.15) is 17.5 Å². The van der Waals surface area contributed by atoms with Gasteiger partial charge in [0.15, 0.2) is 0 Å². The van der Waals surface area contributed by atoms with Crippen molar-refractivity contribution in [2.24, 2.45) is 5.73 Å². The number of nitrogens with two attached hydrogens (primary N) is 1. The van der Waals surface area contributed by atoms with Crippen molar-refractivity contribution in [3.8, 4) is 5.75 Å². The molecule has 3 atom stereocenters. The van der Waals surface area contributed by atoms with Crippen LogP contribution in [0, 0.1) is 0 Å². The molecule has 1 saturated heterocycles. The van der Waals surface area contributed by atoms with Gasteiger partial charge in [-0.25, -0.2) is 0 Å². The third-order valence-electron chi connectivity index (χ3n) is 4.40. The molecule has 4 nitrogen and oxygen atoms in total. The van der Waals surface area contributed by atoms with Gasteiger partial charge in [0, 0.05) is 17.5 Å². The van der Waals surface area contributed by atoms with E-state index in [4.69, 9.17) is 22.1 Å². The number of ether oxygens (including phenoxy) is 1. The van der Waals surface area contributed by atoms with Gasteiger partial charge < -0.3 is 15.3 Å². The average Bonchev–Trinajstić information content (AvgIpc) is 2.60. The summed E-state index contributed by atoms with van der Waals surface area (Å²) in [6, 6.07) is 7.40. The summed E-state index contributed by atoms with van der Waals surface area (Å²) < 4.78 is 5.64. The Labute approximate surface area is 143 Å². The number of para-hydroxylation sites is 1. The Morgan fingerprint density at radius 3 is 2.65 bits per heavy atom. The summed E-state index contributed by atoms with van der Waals surface area (Å²) in [5.41, 5.74) is 6.98. The number of piperidine rings is 1. The van der Waals surface area contributed by atoms with E-state index in [-0.39, 0.29) is 17.5 Å². The van der Waals surface area contributed by atoms with Crippen LogP contribution in [-0.4, -0.2) is 42.4 Å². The van der Waals surface area contributed by atoms with Crippen molar-refractivity contribution in [1.29, 1.82) is 0 Å². The maximum absolute atomic E-state index is 11.6. The Morgan fingerprint density at radius 2 is 2.00 bits per heavy atom. The molecule has 5 heteroatoms. The largest absolute Gasteiger partial charge is 0.494 e. The highest BCUT2D eigenvalue weighted by atomic mass is 35.5. The lowest BCUT2D eigenvalue weighted by Gasteiger charge is -2.34. The normalized spacial score (nSPS) is 19.8. The van der Waals surface area contributed by atoms with Crippen molar-refractivity contribution in [1.82, 2.24) is 4.90 Å². The van der Waals surface area contributed by atoms with E-state index in [1.807, 2.05) is 31.2 Å². The Balaban J connectivity index is 2.04. The van der Waals surface area contributed by atoms with Crippen LogP contribution in [0.5, 0.6) is 5.75 Å². The van der Waals surface area contributed by atoms with Gasteiger partial charge >= 0.3 is 0 Å². The second kappa shape index (κ2) is 9.26. The number of carbonyl (C=O) groups is 1. The molecule has 2 rings (SSSR count). The minimum atomic E-state index is -0.293. The highest BCUT2D eigenvalue weighted by Gasteiger charge is 2.27. The smallest absolute Gasteiger partial charge is 0.127 e. The molecule has 1 fully saturated rings. The summed E-state index contributed by atoms with van der Waals surface area (Å²) in [6.45, 7) is 4.48. The molecule has 0 spiro atoms. The Bertz CT molecular complexity index is 492. The lowest BCUT2D eigenvalue weighted by atomic mass is 9.92. The van der Waals surface area contributed by atoms with E-state index in [9.17, 15) is 4.79 Å². The van der Waals surface area contributed by atoms with Gasteiger partial charge in [-0.3, -0.25) is 4.90 Å². The lowest BCUT2D eigenvalue weighted by molar-refractivity contribution is -0.109. The van der Waals surface area contributed by atoms with Gasteiger partial charge in [0.05, 0.1) is 6.61 Å². The van der Waals surface area contributed by atoms with Crippen LogP contribution >= 0.6 is 11.6 Å². The highest BCUT2D eigenvalue weighted by molar-refractivity contribution is 6.20. The fourth-order valence-corrected chi connectivity index (χ4v) is 3.47. The first-order chi connectivity index (χ1) is 11.2. The number of alkyl halides is 1. The fourth-order valence-electron chi connectivity index (χ4n) is 3.17. The van der Waals surface area contributed by atoms with Crippen LogP contribution in [0.25, 0.3) is 0 Å². The van der Waals surface area contributed by atoms with Crippen LogP contribution in [0.4, 0.5) is 0 Å². The van der Waals surface area contributed by atoms with Crippen LogP contribution in [0.3, 0.4) is 0 Å².